The van der Waals surface area contributed by atoms with Crippen LogP contribution in [-0.2, 0) is 21.4 Å². The Labute approximate surface area is 120 Å². The van der Waals surface area contributed by atoms with Gasteiger partial charge in [0.2, 0.25) is 10.0 Å². The number of sulfonamides is 1. The second-order valence-corrected chi connectivity index (χ2v) is 7.31. The number of aliphatic hydroxyl groups excluding tert-OH is 1. The average molecular weight is 299 g/mol. The smallest absolute Gasteiger partial charge is 0.241 e. The van der Waals surface area contributed by atoms with E-state index in [1.54, 1.807) is 13.0 Å². The molecule has 0 aliphatic carbocycles. The van der Waals surface area contributed by atoms with Gasteiger partial charge in [-0.1, -0.05) is 6.07 Å². The van der Waals surface area contributed by atoms with Gasteiger partial charge in [0.05, 0.1) is 23.6 Å². The van der Waals surface area contributed by atoms with Gasteiger partial charge < -0.3 is 9.84 Å². The zero-order valence-corrected chi connectivity index (χ0v) is 12.9. The third-order valence-corrected chi connectivity index (χ3v) is 5.52. The number of hydrogen-bond acceptors (Lipinski definition) is 4. The van der Waals surface area contributed by atoms with Crippen LogP contribution in [0, 0.1) is 13.8 Å². The molecule has 0 aromatic heterocycles. The molecule has 112 valence electrons. The van der Waals surface area contributed by atoms with Crippen molar-refractivity contribution in [3.8, 4) is 0 Å². The summed E-state index contributed by atoms with van der Waals surface area (Å²) in [4.78, 5) is 0.231. The summed E-state index contributed by atoms with van der Waals surface area (Å²) in [6, 6.07) is 3.33. The van der Waals surface area contributed by atoms with E-state index in [9.17, 15) is 13.5 Å². The van der Waals surface area contributed by atoms with E-state index in [1.807, 2.05) is 13.8 Å². The van der Waals surface area contributed by atoms with E-state index in [0.717, 1.165) is 5.56 Å². The van der Waals surface area contributed by atoms with E-state index in [1.165, 1.54) is 6.07 Å². The van der Waals surface area contributed by atoms with Crippen LogP contribution in [0.25, 0.3) is 0 Å². The Bertz CT molecular complexity index is 604. The third kappa shape index (κ3) is 3.03. The van der Waals surface area contributed by atoms with Crippen LogP contribution in [0.5, 0.6) is 0 Å². The summed E-state index contributed by atoms with van der Waals surface area (Å²) in [7, 11) is -3.63. The van der Waals surface area contributed by atoms with E-state index >= 15 is 0 Å². The van der Waals surface area contributed by atoms with Crippen LogP contribution in [0.1, 0.15) is 30.0 Å². The van der Waals surface area contributed by atoms with E-state index < -0.39 is 15.6 Å². The SMILES string of the molecule is Cc1cc(CO)cc(S(=O)(=O)NC2(C)CCOC2)c1C. The molecule has 0 saturated carbocycles. The number of ether oxygens (including phenoxy) is 1. The molecule has 1 saturated heterocycles. The van der Waals surface area contributed by atoms with Gasteiger partial charge in [-0.15, -0.1) is 0 Å². The summed E-state index contributed by atoms with van der Waals surface area (Å²) in [6.45, 7) is 6.23. The second kappa shape index (κ2) is 5.44. The summed E-state index contributed by atoms with van der Waals surface area (Å²) in [6.07, 6.45) is 0.657. The maximum atomic E-state index is 12.6. The molecule has 0 spiro atoms. The maximum absolute atomic E-state index is 12.6. The van der Waals surface area contributed by atoms with Crippen molar-refractivity contribution in [3.63, 3.8) is 0 Å². The molecule has 0 radical (unpaired) electrons. The van der Waals surface area contributed by atoms with Crippen molar-refractivity contribution >= 4 is 10.0 Å². The molecular weight excluding hydrogens is 278 g/mol. The van der Waals surface area contributed by atoms with Gasteiger partial charge in [-0.3, -0.25) is 0 Å². The minimum atomic E-state index is -3.63. The van der Waals surface area contributed by atoms with Crippen molar-refractivity contribution in [3.05, 3.63) is 28.8 Å². The standard InChI is InChI=1S/C14H21NO4S/c1-10-6-12(8-16)7-13(11(10)2)20(17,18)15-14(3)4-5-19-9-14/h6-7,15-16H,4-5,8-9H2,1-3H3. The summed E-state index contributed by atoms with van der Waals surface area (Å²) >= 11 is 0. The molecule has 2 rings (SSSR count). The molecular formula is C14H21NO4S. The Morgan fingerprint density at radius 1 is 1.40 bits per heavy atom. The van der Waals surface area contributed by atoms with Gasteiger partial charge in [0.25, 0.3) is 0 Å². The first-order chi connectivity index (χ1) is 9.27. The highest BCUT2D eigenvalue weighted by molar-refractivity contribution is 7.89. The van der Waals surface area contributed by atoms with Gasteiger partial charge in [0.1, 0.15) is 0 Å². The largest absolute Gasteiger partial charge is 0.392 e. The molecule has 1 heterocycles. The van der Waals surface area contributed by atoms with Gasteiger partial charge in [-0.2, -0.15) is 0 Å². The molecule has 1 unspecified atom stereocenters. The molecule has 0 bridgehead atoms. The molecule has 1 aliphatic rings. The zero-order chi connectivity index (χ0) is 15.0. The van der Waals surface area contributed by atoms with Crippen LogP contribution in [0.15, 0.2) is 17.0 Å². The normalized spacial score (nSPS) is 23.2. The summed E-state index contributed by atoms with van der Waals surface area (Å²) in [5.41, 5.74) is 1.59. The highest BCUT2D eigenvalue weighted by Crippen LogP contribution is 2.25. The van der Waals surface area contributed by atoms with Crippen LogP contribution in [0.3, 0.4) is 0 Å². The van der Waals surface area contributed by atoms with Crippen LogP contribution >= 0.6 is 0 Å². The van der Waals surface area contributed by atoms with Crippen molar-refractivity contribution in [2.45, 2.75) is 44.2 Å². The molecule has 0 amide bonds. The lowest BCUT2D eigenvalue weighted by molar-refractivity contribution is 0.178. The first-order valence-electron chi connectivity index (χ1n) is 6.60. The fourth-order valence-corrected chi connectivity index (χ4v) is 4.19. The number of aliphatic hydroxyl groups is 1. The van der Waals surface area contributed by atoms with Gasteiger partial charge in [-0.05, 0) is 49.9 Å². The Morgan fingerprint density at radius 2 is 2.10 bits per heavy atom. The maximum Gasteiger partial charge on any atom is 0.241 e. The average Bonchev–Trinajstić information content (AvgIpc) is 2.77. The highest BCUT2D eigenvalue weighted by Gasteiger charge is 2.35. The lowest BCUT2D eigenvalue weighted by Gasteiger charge is -2.24. The van der Waals surface area contributed by atoms with Crippen molar-refractivity contribution in [1.29, 1.82) is 0 Å². The minimum absolute atomic E-state index is 0.177. The van der Waals surface area contributed by atoms with Crippen molar-refractivity contribution in [1.82, 2.24) is 4.72 Å². The van der Waals surface area contributed by atoms with Crippen LogP contribution in [0.2, 0.25) is 0 Å². The molecule has 1 aromatic carbocycles. The monoisotopic (exact) mass is 299 g/mol. The van der Waals surface area contributed by atoms with E-state index in [2.05, 4.69) is 4.72 Å². The number of rotatable bonds is 4. The van der Waals surface area contributed by atoms with E-state index in [0.29, 0.717) is 30.8 Å². The third-order valence-electron chi connectivity index (χ3n) is 3.75. The number of nitrogens with one attached hydrogen (secondary N) is 1. The summed E-state index contributed by atoms with van der Waals surface area (Å²) in [5, 5.41) is 9.24. The van der Waals surface area contributed by atoms with Crippen molar-refractivity contribution in [2.24, 2.45) is 0 Å². The van der Waals surface area contributed by atoms with Crippen molar-refractivity contribution < 1.29 is 18.3 Å². The Hall–Kier alpha value is -0.950. The first kappa shape index (κ1) is 15.4. The quantitative estimate of drug-likeness (QED) is 0.877. The lowest BCUT2D eigenvalue weighted by atomic mass is 10.0. The molecule has 5 nitrogen and oxygen atoms in total. The van der Waals surface area contributed by atoms with Gasteiger partial charge >= 0.3 is 0 Å². The molecule has 1 atom stereocenters. The minimum Gasteiger partial charge on any atom is -0.392 e. The Morgan fingerprint density at radius 3 is 2.65 bits per heavy atom. The molecule has 2 N–H and O–H groups in total. The number of aryl methyl sites for hydroxylation is 1. The summed E-state index contributed by atoms with van der Waals surface area (Å²) in [5.74, 6) is 0. The van der Waals surface area contributed by atoms with Gasteiger partial charge in [0.15, 0.2) is 0 Å². The molecule has 20 heavy (non-hydrogen) atoms. The molecule has 1 aliphatic heterocycles. The molecule has 6 heteroatoms. The predicted molar refractivity (Wildman–Crippen MR) is 76.0 cm³/mol. The second-order valence-electron chi connectivity index (χ2n) is 5.66. The highest BCUT2D eigenvalue weighted by atomic mass is 32.2. The number of benzene rings is 1. The lowest BCUT2D eigenvalue weighted by Crippen LogP contribution is -2.46. The van der Waals surface area contributed by atoms with Gasteiger partial charge in [-0.25, -0.2) is 13.1 Å². The fourth-order valence-electron chi connectivity index (χ4n) is 2.40. The van der Waals surface area contributed by atoms with Crippen molar-refractivity contribution in [2.75, 3.05) is 13.2 Å². The van der Waals surface area contributed by atoms with Crippen LogP contribution in [-0.4, -0.2) is 32.3 Å². The van der Waals surface area contributed by atoms with E-state index in [-0.39, 0.29) is 11.5 Å². The predicted octanol–water partition coefficient (Wildman–Crippen LogP) is 1.25. The fraction of sp³-hybridized carbons (Fsp3) is 0.571. The topological polar surface area (TPSA) is 75.6 Å². The molecule has 1 fully saturated rings. The number of hydrogen-bond donors (Lipinski definition) is 2. The zero-order valence-electron chi connectivity index (χ0n) is 12.1. The Balaban J connectivity index is 2.41. The first-order valence-corrected chi connectivity index (χ1v) is 8.08. The molecule has 1 aromatic rings. The van der Waals surface area contributed by atoms with Gasteiger partial charge in [0, 0.05) is 6.61 Å². The Kier molecular flexibility index (Phi) is 4.20. The van der Waals surface area contributed by atoms with E-state index in [4.69, 9.17) is 4.74 Å². The van der Waals surface area contributed by atoms with Crippen LogP contribution < -0.4 is 4.72 Å². The van der Waals surface area contributed by atoms with Crippen LogP contribution in [0.4, 0.5) is 0 Å². The summed E-state index contributed by atoms with van der Waals surface area (Å²) < 4.78 is 33.2.